The van der Waals surface area contributed by atoms with Crippen molar-refractivity contribution in [1.29, 1.82) is 0 Å². The Hall–Kier alpha value is -1.70. The molecule has 0 aromatic carbocycles. The summed E-state index contributed by atoms with van der Waals surface area (Å²) in [6, 6.07) is 10.1. The van der Waals surface area contributed by atoms with Gasteiger partial charge in [-0.3, -0.25) is 9.97 Å². The number of aromatic nitrogens is 2. The monoisotopic (exact) mass is 226 g/mol. The van der Waals surface area contributed by atoms with Crippen molar-refractivity contribution >= 4 is 0 Å². The van der Waals surface area contributed by atoms with Gasteiger partial charge in [-0.05, 0) is 36.6 Å². The zero-order valence-electron chi connectivity index (χ0n) is 10.3. The minimum atomic E-state index is 0.938. The maximum absolute atomic E-state index is 4.47. The summed E-state index contributed by atoms with van der Waals surface area (Å²) in [5.74, 6) is 0. The van der Waals surface area contributed by atoms with E-state index in [1.165, 1.54) is 24.8 Å². The predicted octanol–water partition coefficient (Wildman–Crippen LogP) is 3.88. The first-order valence-electron chi connectivity index (χ1n) is 6.26. The Morgan fingerprint density at radius 2 is 1.82 bits per heavy atom. The smallest absolute Gasteiger partial charge is 0.0886 e. The molecule has 2 aromatic heterocycles. The van der Waals surface area contributed by atoms with Crippen molar-refractivity contribution in [1.82, 2.24) is 9.97 Å². The fourth-order valence-corrected chi connectivity index (χ4v) is 1.82. The zero-order chi connectivity index (χ0) is 11.9. The summed E-state index contributed by atoms with van der Waals surface area (Å²) < 4.78 is 0. The van der Waals surface area contributed by atoms with Crippen molar-refractivity contribution in [2.75, 3.05) is 0 Å². The second-order valence-corrected chi connectivity index (χ2v) is 4.22. The Bertz CT molecular complexity index is 434. The molecular formula is C15H18N2. The lowest BCUT2D eigenvalue weighted by atomic mass is 10.1. The molecule has 2 nitrogen and oxygen atoms in total. The average Bonchev–Trinajstić information content (AvgIpc) is 2.41. The molecule has 0 spiro atoms. The second kappa shape index (κ2) is 6.14. The first-order chi connectivity index (χ1) is 8.40. The van der Waals surface area contributed by atoms with Crippen molar-refractivity contribution < 1.29 is 0 Å². The van der Waals surface area contributed by atoms with Crippen LogP contribution in [0, 0.1) is 0 Å². The third-order valence-electron chi connectivity index (χ3n) is 2.82. The molecule has 2 rings (SSSR count). The first kappa shape index (κ1) is 11.8. The van der Waals surface area contributed by atoms with Gasteiger partial charge in [0.2, 0.25) is 0 Å². The molecule has 0 saturated heterocycles. The third kappa shape index (κ3) is 3.38. The molecule has 2 heterocycles. The van der Waals surface area contributed by atoms with Crippen molar-refractivity contribution in [3.8, 4) is 11.4 Å². The SMILES string of the molecule is CCCCCc1ccc(-c2ccccn2)nc1. The number of hydrogen-bond donors (Lipinski definition) is 0. The lowest BCUT2D eigenvalue weighted by Crippen LogP contribution is -1.90. The summed E-state index contributed by atoms with van der Waals surface area (Å²) in [6.45, 7) is 2.22. The molecule has 0 aliphatic rings. The first-order valence-corrected chi connectivity index (χ1v) is 6.26. The van der Waals surface area contributed by atoms with Gasteiger partial charge >= 0.3 is 0 Å². The normalized spacial score (nSPS) is 10.4. The van der Waals surface area contributed by atoms with Gasteiger partial charge in [0, 0.05) is 12.4 Å². The Balaban J connectivity index is 2.03. The molecule has 0 amide bonds. The van der Waals surface area contributed by atoms with Crippen molar-refractivity contribution in [2.24, 2.45) is 0 Å². The van der Waals surface area contributed by atoms with Crippen molar-refractivity contribution in [2.45, 2.75) is 32.6 Å². The average molecular weight is 226 g/mol. The topological polar surface area (TPSA) is 25.8 Å². The van der Waals surface area contributed by atoms with E-state index in [1.807, 2.05) is 24.4 Å². The fourth-order valence-electron chi connectivity index (χ4n) is 1.82. The summed E-state index contributed by atoms with van der Waals surface area (Å²) in [4.78, 5) is 8.76. The van der Waals surface area contributed by atoms with E-state index < -0.39 is 0 Å². The second-order valence-electron chi connectivity index (χ2n) is 4.22. The third-order valence-corrected chi connectivity index (χ3v) is 2.82. The minimum Gasteiger partial charge on any atom is -0.255 e. The van der Waals surface area contributed by atoms with Crippen LogP contribution in [-0.2, 0) is 6.42 Å². The van der Waals surface area contributed by atoms with E-state index in [0.29, 0.717) is 0 Å². The molecular weight excluding hydrogens is 208 g/mol. The highest BCUT2D eigenvalue weighted by molar-refractivity contribution is 5.53. The van der Waals surface area contributed by atoms with Gasteiger partial charge in [0.05, 0.1) is 11.4 Å². The van der Waals surface area contributed by atoms with Gasteiger partial charge < -0.3 is 0 Å². The molecule has 0 atom stereocenters. The lowest BCUT2D eigenvalue weighted by molar-refractivity contribution is 0.716. The molecule has 0 aliphatic carbocycles. The summed E-state index contributed by atoms with van der Waals surface area (Å²) in [6.07, 6.45) is 8.71. The van der Waals surface area contributed by atoms with Crippen LogP contribution < -0.4 is 0 Å². The van der Waals surface area contributed by atoms with E-state index in [4.69, 9.17) is 0 Å². The Labute approximate surface area is 103 Å². The fraction of sp³-hybridized carbons (Fsp3) is 0.333. The van der Waals surface area contributed by atoms with E-state index in [2.05, 4.69) is 29.0 Å². The number of pyridine rings is 2. The molecule has 17 heavy (non-hydrogen) atoms. The molecule has 0 fully saturated rings. The summed E-state index contributed by atoms with van der Waals surface area (Å²) in [5.41, 5.74) is 3.20. The van der Waals surface area contributed by atoms with Gasteiger partial charge in [-0.1, -0.05) is 31.9 Å². The number of rotatable bonds is 5. The van der Waals surface area contributed by atoms with Crippen LogP contribution in [-0.4, -0.2) is 9.97 Å². The van der Waals surface area contributed by atoms with Gasteiger partial charge in [0.15, 0.2) is 0 Å². The number of hydrogen-bond acceptors (Lipinski definition) is 2. The lowest BCUT2D eigenvalue weighted by Gasteiger charge is -2.02. The molecule has 2 heteroatoms. The Kier molecular flexibility index (Phi) is 4.25. The Morgan fingerprint density at radius 3 is 2.47 bits per heavy atom. The highest BCUT2D eigenvalue weighted by atomic mass is 14.8. The van der Waals surface area contributed by atoms with Crippen LogP contribution >= 0.6 is 0 Å². The van der Waals surface area contributed by atoms with Crippen LogP contribution in [0.2, 0.25) is 0 Å². The minimum absolute atomic E-state index is 0.938. The van der Waals surface area contributed by atoms with Crippen LogP contribution in [0.4, 0.5) is 0 Å². The van der Waals surface area contributed by atoms with E-state index >= 15 is 0 Å². The molecule has 0 aliphatic heterocycles. The van der Waals surface area contributed by atoms with Crippen LogP contribution in [0.25, 0.3) is 11.4 Å². The predicted molar refractivity (Wildman–Crippen MR) is 70.7 cm³/mol. The van der Waals surface area contributed by atoms with Crippen LogP contribution in [0.1, 0.15) is 31.7 Å². The van der Waals surface area contributed by atoms with E-state index in [-0.39, 0.29) is 0 Å². The maximum atomic E-state index is 4.47. The quantitative estimate of drug-likeness (QED) is 0.723. The summed E-state index contributed by atoms with van der Waals surface area (Å²) in [7, 11) is 0. The van der Waals surface area contributed by atoms with Crippen LogP contribution in [0.5, 0.6) is 0 Å². The molecule has 0 N–H and O–H groups in total. The Morgan fingerprint density at radius 1 is 0.941 bits per heavy atom. The van der Waals surface area contributed by atoms with E-state index in [0.717, 1.165) is 17.8 Å². The number of nitrogens with zero attached hydrogens (tertiary/aromatic N) is 2. The zero-order valence-corrected chi connectivity index (χ0v) is 10.3. The van der Waals surface area contributed by atoms with Gasteiger partial charge in [-0.2, -0.15) is 0 Å². The number of unbranched alkanes of at least 4 members (excludes halogenated alkanes) is 2. The van der Waals surface area contributed by atoms with Gasteiger partial charge in [0.1, 0.15) is 0 Å². The maximum Gasteiger partial charge on any atom is 0.0886 e. The van der Waals surface area contributed by atoms with E-state index in [9.17, 15) is 0 Å². The summed E-state index contributed by atoms with van der Waals surface area (Å²) >= 11 is 0. The number of aryl methyl sites for hydroxylation is 1. The highest BCUT2D eigenvalue weighted by Gasteiger charge is 1.99. The van der Waals surface area contributed by atoms with Crippen molar-refractivity contribution in [3.63, 3.8) is 0 Å². The standard InChI is InChI=1S/C15H18N2/c1-2-3-4-7-13-9-10-15(17-12-13)14-8-5-6-11-16-14/h5-6,8-12H,2-4,7H2,1H3. The largest absolute Gasteiger partial charge is 0.255 e. The van der Waals surface area contributed by atoms with E-state index in [1.54, 1.807) is 6.20 Å². The summed E-state index contributed by atoms with van der Waals surface area (Å²) in [5, 5.41) is 0. The molecule has 2 aromatic rings. The van der Waals surface area contributed by atoms with Gasteiger partial charge in [0.25, 0.3) is 0 Å². The molecule has 0 bridgehead atoms. The van der Waals surface area contributed by atoms with Crippen LogP contribution in [0.15, 0.2) is 42.7 Å². The molecule has 88 valence electrons. The highest BCUT2D eigenvalue weighted by Crippen LogP contribution is 2.14. The van der Waals surface area contributed by atoms with Crippen molar-refractivity contribution in [3.05, 3.63) is 48.3 Å². The van der Waals surface area contributed by atoms with Crippen LogP contribution in [0.3, 0.4) is 0 Å². The molecule has 0 radical (unpaired) electrons. The molecule has 0 unspecified atom stereocenters. The van der Waals surface area contributed by atoms with Gasteiger partial charge in [-0.25, -0.2) is 0 Å². The van der Waals surface area contributed by atoms with Gasteiger partial charge in [-0.15, -0.1) is 0 Å². The molecule has 0 saturated carbocycles.